The Labute approximate surface area is 37.0 Å². The summed E-state index contributed by atoms with van der Waals surface area (Å²) in [7, 11) is 0. The third-order valence-corrected chi connectivity index (χ3v) is 0.919. The van der Waals surface area contributed by atoms with Gasteiger partial charge in [0.2, 0.25) is 11.1 Å². The first-order valence-electron chi connectivity index (χ1n) is 1.35. The van der Waals surface area contributed by atoms with Crippen LogP contribution < -0.4 is 5.48 Å². The molecule has 1 atom stereocenters. The lowest BCUT2D eigenvalue weighted by atomic mass is 11.5. The van der Waals surface area contributed by atoms with Gasteiger partial charge in [-0.3, -0.25) is 0 Å². The Hall–Kier alpha value is 0.0300. The maximum atomic E-state index is 9.94. The molecule has 1 rings (SSSR count). The SMILES string of the molecule is O=S1CNOO1. The molecule has 0 amide bonds. The minimum atomic E-state index is -1.26. The number of rotatable bonds is 0. The van der Waals surface area contributed by atoms with Crippen LogP contribution in [-0.2, 0) is 20.4 Å². The molecule has 0 aliphatic carbocycles. The van der Waals surface area contributed by atoms with E-state index >= 15 is 0 Å². The van der Waals surface area contributed by atoms with E-state index in [0.29, 0.717) is 0 Å². The maximum Gasteiger partial charge on any atom is 0.206 e. The lowest BCUT2D eigenvalue weighted by Gasteiger charge is -1.74. The molecule has 0 radical (unpaired) electrons. The van der Waals surface area contributed by atoms with Crippen LogP contribution in [-0.4, -0.2) is 10.1 Å². The van der Waals surface area contributed by atoms with Crippen LogP contribution in [0.15, 0.2) is 0 Å². The summed E-state index contributed by atoms with van der Waals surface area (Å²) in [5.41, 5.74) is 2.25. The molecule has 1 saturated heterocycles. The highest BCUT2D eigenvalue weighted by molar-refractivity contribution is 7.80. The molecule has 1 N–H and O–H groups in total. The van der Waals surface area contributed by atoms with Gasteiger partial charge in [-0.25, -0.2) is 4.21 Å². The molecule has 1 fully saturated rings. The van der Waals surface area contributed by atoms with Crippen molar-refractivity contribution in [2.75, 3.05) is 5.88 Å². The minimum Gasteiger partial charge on any atom is -0.225 e. The fourth-order valence-electron chi connectivity index (χ4n) is 0.158. The zero-order valence-electron chi connectivity index (χ0n) is 2.84. The van der Waals surface area contributed by atoms with Crippen LogP contribution in [0.25, 0.3) is 0 Å². The fourth-order valence-corrected chi connectivity index (χ4v) is 0.475. The largest absolute Gasteiger partial charge is 0.225 e. The zero-order valence-corrected chi connectivity index (χ0v) is 3.66. The second-order valence-corrected chi connectivity index (χ2v) is 1.78. The second kappa shape index (κ2) is 1.65. The summed E-state index contributed by atoms with van der Waals surface area (Å²) in [5, 5.41) is 0. The van der Waals surface area contributed by atoms with E-state index in [2.05, 4.69) is 14.8 Å². The molecule has 1 aliphatic rings. The van der Waals surface area contributed by atoms with Crippen molar-refractivity contribution in [1.82, 2.24) is 5.48 Å². The molecular formula is CH3NO3S. The molecule has 0 bridgehead atoms. The van der Waals surface area contributed by atoms with Gasteiger partial charge in [0.1, 0.15) is 5.88 Å². The van der Waals surface area contributed by atoms with E-state index in [-0.39, 0.29) is 5.88 Å². The molecule has 6 heavy (non-hydrogen) atoms. The molecule has 5 heteroatoms. The van der Waals surface area contributed by atoms with Crippen molar-refractivity contribution in [2.24, 2.45) is 0 Å². The molecule has 0 spiro atoms. The topological polar surface area (TPSA) is 47.6 Å². The highest BCUT2D eigenvalue weighted by Crippen LogP contribution is 1.89. The van der Waals surface area contributed by atoms with Gasteiger partial charge in [0.15, 0.2) is 0 Å². The Balaban J connectivity index is 2.37. The maximum absolute atomic E-state index is 9.94. The molecule has 36 valence electrons. The van der Waals surface area contributed by atoms with Crippen molar-refractivity contribution in [2.45, 2.75) is 0 Å². The summed E-state index contributed by atoms with van der Waals surface area (Å²) in [4.78, 5) is 4.01. The summed E-state index contributed by atoms with van der Waals surface area (Å²) >= 11 is -1.26. The van der Waals surface area contributed by atoms with Crippen molar-refractivity contribution >= 4 is 11.1 Å². The average Bonchev–Trinajstić information content (AvgIpc) is 1.86. The van der Waals surface area contributed by atoms with Gasteiger partial charge in [-0.05, 0) is 0 Å². The molecule has 1 heterocycles. The molecule has 1 aliphatic heterocycles. The van der Waals surface area contributed by atoms with E-state index in [4.69, 9.17) is 0 Å². The Morgan fingerprint density at radius 3 is 2.83 bits per heavy atom. The smallest absolute Gasteiger partial charge is 0.206 e. The highest BCUT2D eigenvalue weighted by Gasteiger charge is 2.07. The van der Waals surface area contributed by atoms with Crippen LogP contribution in [0.2, 0.25) is 0 Å². The predicted molar refractivity (Wildman–Crippen MR) is 18.3 cm³/mol. The molecular weight excluding hydrogens is 106 g/mol. The van der Waals surface area contributed by atoms with Gasteiger partial charge in [0, 0.05) is 0 Å². The lowest BCUT2D eigenvalue weighted by molar-refractivity contribution is -0.224. The van der Waals surface area contributed by atoms with E-state index in [9.17, 15) is 4.21 Å². The quantitative estimate of drug-likeness (QED) is 0.408. The van der Waals surface area contributed by atoms with E-state index in [0.717, 1.165) is 0 Å². The number of hydroxylamine groups is 1. The van der Waals surface area contributed by atoms with Crippen molar-refractivity contribution in [3.8, 4) is 0 Å². The molecule has 0 aromatic rings. The standard InChI is InChI=1S/CH3NO3S/c3-6-1-2-4-5-6/h2H,1H2. The summed E-state index contributed by atoms with van der Waals surface area (Å²) in [6.45, 7) is 0. The Bertz CT molecular complexity index is 65.2. The third-order valence-electron chi connectivity index (χ3n) is 0.346. The van der Waals surface area contributed by atoms with Crippen LogP contribution in [0.1, 0.15) is 0 Å². The first-order chi connectivity index (χ1) is 2.89. The summed E-state index contributed by atoms with van der Waals surface area (Å²) in [6, 6.07) is 0. The van der Waals surface area contributed by atoms with Gasteiger partial charge in [-0.15, -0.1) is 9.32 Å². The number of nitrogens with one attached hydrogen (secondary N) is 1. The van der Waals surface area contributed by atoms with Gasteiger partial charge >= 0.3 is 0 Å². The Morgan fingerprint density at radius 2 is 2.67 bits per heavy atom. The van der Waals surface area contributed by atoms with Crippen LogP contribution >= 0.6 is 0 Å². The highest BCUT2D eigenvalue weighted by atomic mass is 32.2. The molecule has 0 aromatic carbocycles. The van der Waals surface area contributed by atoms with Crippen LogP contribution in [0.4, 0.5) is 0 Å². The minimum absolute atomic E-state index is 0.264. The van der Waals surface area contributed by atoms with Crippen LogP contribution in [0.3, 0.4) is 0 Å². The number of hydrogen-bond acceptors (Lipinski definition) is 4. The Kier molecular flexibility index (Phi) is 1.16. The lowest BCUT2D eigenvalue weighted by Crippen LogP contribution is -2.03. The normalized spacial score (nSPS) is 34.3. The average molecular weight is 109 g/mol. The van der Waals surface area contributed by atoms with Crippen molar-refractivity contribution < 1.29 is 13.5 Å². The summed E-state index contributed by atoms with van der Waals surface area (Å²) in [6.07, 6.45) is 0. The first-order valence-corrected chi connectivity index (χ1v) is 2.59. The van der Waals surface area contributed by atoms with Gasteiger partial charge < -0.3 is 0 Å². The predicted octanol–water partition coefficient (Wildman–Crippen LogP) is -0.926. The molecule has 4 nitrogen and oxygen atoms in total. The van der Waals surface area contributed by atoms with E-state index < -0.39 is 11.1 Å². The third kappa shape index (κ3) is 0.749. The summed E-state index contributed by atoms with van der Waals surface area (Å²) in [5.74, 6) is 0.264. The van der Waals surface area contributed by atoms with E-state index in [1.807, 2.05) is 0 Å². The zero-order chi connectivity index (χ0) is 4.41. The molecule has 0 aromatic heterocycles. The van der Waals surface area contributed by atoms with E-state index in [1.165, 1.54) is 0 Å². The van der Waals surface area contributed by atoms with Crippen molar-refractivity contribution in [3.63, 3.8) is 0 Å². The monoisotopic (exact) mass is 109 g/mol. The second-order valence-electron chi connectivity index (χ2n) is 0.744. The Morgan fingerprint density at radius 1 is 1.83 bits per heavy atom. The van der Waals surface area contributed by atoms with Crippen LogP contribution in [0.5, 0.6) is 0 Å². The van der Waals surface area contributed by atoms with Crippen LogP contribution in [0, 0.1) is 0 Å². The number of hydrogen-bond donors (Lipinski definition) is 1. The summed E-state index contributed by atoms with van der Waals surface area (Å²) < 4.78 is 14.0. The first kappa shape index (κ1) is 4.20. The van der Waals surface area contributed by atoms with Crippen molar-refractivity contribution in [3.05, 3.63) is 0 Å². The van der Waals surface area contributed by atoms with Crippen molar-refractivity contribution in [1.29, 1.82) is 0 Å². The fraction of sp³-hybridized carbons (Fsp3) is 1.00. The van der Waals surface area contributed by atoms with Gasteiger partial charge in [0.05, 0.1) is 0 Å². The van der Waals surface area contributed by atoms with Gasteiger partial charge in [-0.2, -0.15) is 5.48 Å². The van der Waals surface area contributed by atoms with Gasteiger partial charge in [-0.1, -0.05) is 0 Å². The molecule has 1 unspecified atom stereocenters. The molecule has 0 saturated carbocycles. The van der Waals surface area contributed by atoms with E-state index in [1.54, 1.807) is 0 Å². The van der Waals surface area contributed by atoms with Gasteiger partial charge in [0.25, 0.3) is 0 Å².